The van der Waals surface area contributed by atoms with E-state index in [2.05, 4.69) is 21.4 Å². The summed E-state index contributed by atoms with van der Waals surface area (Å²) in [6.07, 6.45) is 2.06. The van der Waals surface area contributed by atoms with Gasteiger partial charge in [-0.05, 0) is 36.8 Å². The second kappa shape index (κ2) is 7.25. The first-order valence-electron chi connectivity index (χ1n) is 8.80. The summed E-state index contributed by atoms with van der Waals surface area (Å²) in [7, 11) is 0. The van der Waals surface area contributed by atoms with Crippen molar-refractivity contribution in [1.29, 1.82) is 0 Å². The number of allylic oxidation sites excluding steroid dienone is 1. The number of para-hydroxylation sites is 1. The number of fused-ring (bicyclic) bond motifs is 1. The number of hydrogen-bond acceptors (Lipinski definition) is 4. The number of anilines is 1. The van der Waals surface area contributed by atoms with Gasteiger partial charge in [0.25, 0.3) is 5.56 Å². The minimum absolute atomic E-state index is 0.207. The van der Waals surface area contributed by atoms with E-state index in [9.17, 15) is 4.79 Å². The van der Waals surface area contributed by atoms with E-state index in [1.54, 1.807) is 0 Å². The maximum atomic E-state index is 12.7. The Morgan fingerprint density at radius 3 is 2.56 bits per heavy atom. The smallest absolute Gasteiger partial charge is 0.257 e. The van der Waals surface area contributed by atoms with Crippen LogP contribution in [0, 0.1) is 4.77 Å². The molecular weight excluding hydrogens is 358 g/mol. The van der Waals surface area contributed by atoms with Crippen LogP contribution < -0.4 is 15.6 Å². The molecule has 0 radical (unpaired) electrons. The molecule has 3 N–H and O–H groups in total. The molecule has 0 saturated carbocycles. The van der Waals surface area contributed by atoms with E-state index in [4.69, 9.17) is 17.0 Å². The third-order valence-corrected chi connectivity index (χ3v) is 4.73. The van der Waals surface area contributed by atoms with Crippen LogP contribution in [-0.2, 0) is 0 Å². The van der Waals surface area contributed by atoms with Crippen LogP contribution in [0.2, 0.25) is 0 Å². The molecule has 0 aliphatic carbocycles. The standard InChI is InChI=1S/C21H19N3O2S/c1-2-26-17-11-7-6-10-14(17)15-12-16(13-8-4-3-5-9-13)22-19-18(15)20(25)24-21(27)23-19/h3-12,15H,2H2,1H3,(H3,22,23,24,25,27). The topological polar surface area (TPSA) is 69.9 Å². The Bertz CT molecular complexity index is 1120. The summed E-state index contributed by atoms with van der Waals surface area (Å²) in [5.41, 5.74) is 3.26. The Hall–Kier alpha value is -3.12. The van der Waals surface area contributed by atoms with Crippen molar-refractivity contribution in [3.05, 3.63) is 92.5 Å². The van der Waals surface area contributed by atoms with Crippen molar-refractivity contribution >= 4 is 23.7 Å². The number of aromatic nitrogens is 2. The predicted molar refractivity (Wildman–Crippen MR) is 110 cm³/mol. The van der Waals surface area contributed by atoms with Crippen LogP contribution in [0.15, 0.2) is 65.5 Å². The third kappa shape index (κ3) is 3.31. The Morgan fingerprint density at radius 2 is 1.78 bits per heavy atom. The number of nitrogens with one attached hydrogen (secondary N) is 3. The van der Waals surface area contributed by atoms with Crippen molar-refractivity contribution in [2.75, 3.05) is 11.9 Å². The maximum absolute atomic E-state index is 12.7. The van der Waals surface area contributed by atoms with E-state index in [0.29, 0.717) is 18.0 Å². The van der Waals surface area contributed by atoms with Crippen molar-refractivity contribution in [2.45, 2.75) is 12.8 Å². The molecule has 1 aliphatic heterocycles. The Morgan fingerprint density at radius 1 is 1.04 bits per heavy atom. The zero-order valence-corrected chi connectivity index (χ0v) is 15.6. The van der Waals surface area contributed by atoms with Crippen molar-refractivity contribution < 1.29 is 4.74 Å². The van der Waals surface area contributed by atoms with Gasteiger partial charge in [0, 0.05) is 17.2 Å². The van der Waals surface area contributed by atoms with Gasteiger partial charge in [-0.25, -0.2) is 0 Å². The van der Waals surface area contributed by atoms with Crippen LogP contribution in [0.1, 0.15) is 29.5 Å². The predicted octanol–water partition coefficient (Wildman–Crippen LogP) is 4.43. The molecule has 1 aliphatic rings. The van der Waals surface area contributed by atoms with E-state index < -0.39 is 0 Å². The summed E-state index contributed by atoms with van der Waals surface area (Å²) in [4.78, 5) is 18.5. The van der Waals surface area contributed by atoms with Crippen molar-refractivity contribution in [1.82, 2.24) is 9.97 Å². The highest BCUT2D eigenvalue weighted by atomic mass is 32.1. The van der Waals surface area contributed by atoms with Crippen LogP contribution in [0.4, 0.5) is 5.82 Å². The molecule has 1 unspecified atom stereocenters. The summed E-state index contributed by atoms with van der Waals surface area (Å²) in [5, 5.41) is 3.32. The third-order valence-electron chi connectivity index (χ3n) is 4.52. The van der Waals surface area contributed by atoms with Crippen LogP contribution in [0.3, 0.4) is 0 Å². The lowest BCUT2D eigenvalue weighted by Gasteiger charge is -2.26. The van der Waals surface area contributed by atoms with Crippen LogP contribution in [0.5, 0.6) is 5.75 Å². The van der Waals surface area contributed by atoms with Gasteiger partial charge in [-0.3, -0.25) is 9.78 Å². The molecule has 2 heterocycles. The molecule has 6 heteroatoms. The van der Waals surface area contributed by atoms with Gasteiger partial charge in [-0.2, -0.15) is 0 Å². The SMILES string of the molecule is CCOc1ccccc1C1C=C(c2ccccc2)Nc2[nH]c(=S)[nH]c(=O)c21. The second-order valence-electron chi connectivity index (χ2n) is 6.22. The van der Waals surface area contributed by atoms with Crippen LogP contribution in [-0.4, -0.2) is 16.6 Å². The van der Waals surface area contributed by atoms with E-state index >= 15 is 0 Å². The molecule has 3 aromatic rings. The molecule has 4 rings (SSSR count). The minimum atomic E-state index is -0.269. The second-order valence-corrected chi connectivity index (χ2v) is 6.63. The number of hydrogen-bond donors (Lipinski definition) is 3. The molecule has 136 valence electrons. The molecule has 5 nitrogen and oxygen atoms in total. The summed E-state index contributed by atoms with van der Waals surface area (Å²) in [6, 6.07) is 17.8. The lowest BCUT2D eigenvalue weighted by Crippen LogP contribution is -2.25. The zero-order chi connectivity index (χ0) is 18.8. The van der Waals surface area contributed by atoms with Crippen LogP contribution >= 0.6 is 12.2 Å². The van der Waals surface area contributed by atoms with E-state index in [1.165, 1.54) is 0 Å². The highest BCUT2D eigenvalue weighted by Crippen LogP contribution is 2.39. The number of aromatic amines is 2. The fraction of sp³-hybridized carbons (Fsp3) is 0.143. The highest BCUT2D eigenvalue weighted by Gasteiger charge is 2.28. The van der Waals surface area contributed by atoms with Crippen molar-refractivity contribution in [3.63, 3.8) is 0 Å². The summed E-state index contributed by atoms with van der Waals surface area (Å²) >= 11 is 5.17. The van der Waals surface area contributed by atoms with E-state index in [0.717, 1.165) is 22.6 Å². The number of rotatable bonds is 4. The molecule has 0 spiro atoms. The normalized spacial score (nSPS) is 15.4. The average molecular weight is 377 g/mol. The minimum Gasteiger partial charge on any atom is -0.494 e. The van der Waals surface area contributed by atoms with Gasteiger partial charge in [-0.1, -0.05) is 48.5 Å². The van der Waals surface area contributed by atoms with Gasteiger partial charge >= 0.3 is 0 Å². The van der Waals surface area contributed by atoms with Gasteiger partial charge in [0.15, 0.2) is 4.77 Å². The molecule has 1 atom stereocenters. The van der Waals surface area contributed by atoms with Gasteiger partial charge in [0.1, 0.15) is 11.6 Å². The lowest BCUT2D eigenvalue weighted by atomic mass is 9.87. The Labute approximate surface area is 161 Å². The highest BCUT2D eigenvalue weighted by molar-refractivity contribution is 7.71. The van der Waals surface area contributed by atoms with Gasteiger partial charge in [0.05, 0.1) is 12.2 Å². The molecule has 0 amide bonds. The monoisotopic (exact) mass is 377 g/mol. The maximum Gasteiger partial charge on any atom is 0.257 e. The largest absolute Gasteiger partial charge is 0.494 e. The first-order valence-corrected chi connectivity index (χ1v) is 9.20. The first kappa shape index (κ1) is 17.3. The number of H-pyrrole nitrogens is 2. The van der Waals surface area contributed by atoms with Gasteiger partial charge in [-0.15, -0.1) is 0 Å². The Balaban J connectivity index is 1.94. The van der Waals surface area contributed by atoms with Crippen LogP contribution in [0.25, 0.3) is 5.70 Å². The summed E-state index contributed by atoms with van der Waals surface area (Å²) in [5.74, 6) is 1.11. The zero-order valence-electron chi connectivity index (χ0n) is 14.8. The van der Waals surface area contributed by atoms with Gasteiger partial charge in [0.2, 0.25) is 0 Å². The molecule has 0 bridgehead atoms. The molecule has 2 aromatic carbocycles. The van der Waals surface area contributed by atoms with E-state index in [1.807, 2.05) is 61.5 Å². The lowest BCUT2D eigenvalue weighted by molar-refractivity contribution is 0.336. The first-order chi connectivity index (χ1) is 13.2. The molecule has 0 fully saturated rings. The summed E-state index contributed by atoms with van der Waals surface area (Å²) in [6.45, 7) is 2.50. The summed E-state index contributed by atoms with van der Waals surface area (Å²) < 4.78 is 6.11. The quantitative estimate of drug-likeness (QED) is 0.588. The molecule has 27 heavy (non-hydrogen) atoms. The van der Waals surface area contributed by atoms with E-state index in [-0.39, 0.29) is 16.2 Å². The molecule has 1 aromatic heterocycles. The van der Waals surface area contributed by atoms with Crippen molar-refractivity contribution in [3.8, 4) is 5.75 Å². The molecular formula is C21H19N3O2S. The van der Waals surface area contributed by atoms with Gasteiger partial charge < -0.3 is 15.0 Å². The average Bonchev–Trinajstić information content (AvgIpc) is 2.68. The fourth-order valence-corrected chi connectivity index (χ4v) is 3.57. The fourth-order valence-electron chi connectivity index (χ4n) is 3.37. The number of ether oxygens (including phenoxy) is 1. The number of benzene rings is 2. The Kier molecular flexibility index (Phi) is 4.64. The van der Waals surface area contributed by atoms with Crippen molar-refractivity contribution in [2.24, 2.45) is 0 Å². The molecule has 0 saturated heterocycles.